The van der Waals surface area contributed by atoms with Crippen LogP contribution in [0.3, 0.4) is 0 Å². The van der Waals surface area contributed by atoms with Crippen molar-refractivity contribution in [3.63, 3.8) is 0 Å². The zero-order valence-electron chi connectivity index (χ0n) is 17.1. The molecule has 0 aliphatic heterocycles. The first-order valence-corrected chi connectivity index (χ1v) is 9.66. The number of carboxylic acids is 1. The first-order valence-electron chi connectivity index (χ1n) is 9.66. The summed E-state index contributed by atoms with van der Waals surface area (Å²) in [5.41, 5.74) is 15.9. The SMILES string of the molecule is NCCCCC(NC(=O)C(CCC(N)=O)NC(=O)C(N)CO)C(=O)NC(CO)C(=O)O. The second kappa shape index (κ2) is 15.1. The molecule has 178 valence electrons. The monoisotopic (exact) mass is 448 g/mol. The van der Waals surface area contributed by atoms with Crippen molar-refractivity contribution >= 4 is 29.6 Å². The predicted molar refractivity (Wildman–Crippen MR) is 107 cm³/mol. The highest BCUT2D eigenvalue weighted by Gasteiger charge is 2.30. The quantitative estimate of drug-likeness (QED) is 0.102. The maximum atomic E-state index is 12.7. The van der Waals surface area contributed by atoms with Crippen LogP contribution in [0.25, 0.3) is 0 Å². The third-order valence-electron chi connectivity index (χ3n) is 4.22. The summed E-state index contributed by atoms with van der Waals surface area (Å²) in [6.07, 6.45) is 0.576. The molecule has 0 saturated heterocycles. The van der Waals surface area contributed by atoms with Gasteiger partial charge in [-0.1, -0.05) is 0 Å². The maximum absolute atomic E-state index is 12.7. The highest BCUT2D eigenvalue weighted by atomic mass is 16.4. The van der Waals surface area contributed by atoms with Crippen molar-refractivity contribution in [3.8, 4) is 0 Å². The Hall–Kier alpha value is -2.81. The van der Waals surface area contributed by atoms with Gasteiger partial charge in [0.05, 0.1) is 13.2 Å². The predicted octanol–water partition coefficient (Wildman–Crippen LogP) is -4.77. The number of hydrogen-bond acceptors (Lipinski definition) is 9. The summed E-state index contributed by atoms with van der Waals surface area (Å²) < 4.78 is 0. The fourth-order valence-corrected chi connectivity index (χ4v) is 2.41. The van der Waals surface area contributed by atoms with E-state index in [1.54, 1.807) is 0 Å². The van der Waals surface area contributed by atoms with Crippen molar-refractivity contribution in [3.05, 3.63) is 0 Å². The molecule has 0 aliphatic rings. The van der Waals surface area contributed by atoms with Crippen LogP contribution in [0.5, 0.6) is 0 Å². The number of aliphatic hydroxyl groups is 2. The number of aliphatic carboxylic acids is 1. The van der Waals surface area contributed by atoms with Crippen LogP contribution in [0.2, 0.25) is 0 Å². The van der Waals surface area contributed by atoms with Crippen molar-refractivity contribution in [1.82, 2.24) is 16.0 Å². The molecule has 0 spiro atoms. The van der Waals surface area contributed by atoms with Gasteiger partial charge in [0.15, 0.2) is 0 Å². The lowest BCUT2D eigenvalue weighted by molar-refractivity contribution is -0.143. The van der Waals surface area contributed by atoms with Gasteiger partial charge in [-0.25, -0.2) is 4.79 Å². The number of carbonyl (C=O) groups excluding carboxylic acids is 4. The zero-order chi connectivity index (χ0) is 24.0. The number of nitrogens with two attached hydrogens (primary N) is 3. The van der Waals surface area contributed by atoms with Gasteiger partial charge < -0.3 is 48.5 Å². The van der Waals surface area contributed by atoms with Crippen LogP contribution in [0.4, 0.5) is 0 Å². The Kier molecular flexibility index (Phi) is 13.7. The molecular formula is C17H32N6O8. The highest BCUT2D eigenvalue weighted by Crippen LogP contribution is 2.05. The van der Waals surface area contributed by atoms with Crippen molar-refractivity contribution in [2.24, 2.45) is 17.2 Å². The lowest BCUT2D eigenvalue weighted by Crippen LogP contribution is -2.57. The summed E-state index contributed by atoms with van der Waals surface area (Å²) in [6, 6.07) is -5.38. The average molecular weight is 448 g/mol. The van der Waals surface area contributed by atoms with Gasteiger partial charge in [0.25, 0.3) is 0 Å². The maximum Gasteiger partial charge on any atom is 0.328 e. The number of unbranched alkanes of at least 4 members (excludes halogenated alkanes) is 1. The van der Waals surface area contributed by atoms with Gasteiger partial charge in [0, 0.05) is 6.42 Å². The van der Waals surface area contributed by atoms with Gasteiger partial charge >= 0.3 is 5.97 Å². The minimum atomic E-state index is -1.57. The molecule has 0 heterocycles. The lowest BCUT2D eigenvalue weighted by atomic mass is 10.1. The number of nitrogens with one attached hydrogen (secondary N) is 3. The minimum Gasteiger partial charge on any atom is -0.480 e. The van der Waals surface area contributed by atoms with E-state index >= 15 is 0 Å². The van der Waals surface area contributed by atoms with E-state index in [4.69, 9.17) is 32.5 Å². The van der Waals surface area contributed by atoms with Crippen LogP contribution >= 0.6 is 0 Å². The number of aliphatic hydroxyl groups excluding tert-OH is 2. The minimum absolute atomic E-state index is 0.0964. The van der Waals surface area contributed by atoms with E-state index in [1.165, 1.54) is 0 Å². The molecule has 4 amide bonds. The van der Waals surface area contributed by atoms with E-state index in [0.717, 1.165) is 0 Å². The highest BCUT2D eigenvalue weighted by molar-refractivity contribution is 5.94. The Morgan fingerprint density at radius 3 is 1.74 bits per heavy atom. The van der Waals surface area contributed by atoms with Gasteiger partial charge in [-0.15, -0.1) is 0 Å². The summed E-state index contributed by atoms with van der Waals surface area (Å²) in [6.45, 7) is -1.22. The van der Waals surface area contributed by atoms with Gasteiger partial charge in [-0.05, 0) is 32.2 Å². The topological polar surface area (TPSA) is 260 Å². The molecule has 0 rings (SSSR count). The number of rotatable bonds is 16. The number of primary amides is 1. The molecule has 0 fully saturated rings. The summed E-state index contributed by atoms with van der Waals surface area (Å²) in [5.74, 6) is -4.76. The average Bonchev–Trinajstić information content (AvgIpc) is 2.72. The Balaban J connectivity index is 5.41. The Bertz CT molecular complexity index is 632. The second-order valence-corrected chi connectivity index (χ2v) is 6.78. The molecule has 0 saturated carbocycles. The third-order valence-corrected chi connectivity index (χ3v) is 4.22. The van der Waals surface area contributed by atoms with Crippen LogP contribution in [-0.2, 0) is 24.0 Å². The summed E-state index contributed by atoms with van der Waals surface area (Å²) in [5, 5.41) is 33.8. The van der Waals surface area contributed by atoms with Gasteiger partial charge in [0.1, 0.15) is 24.2 Å². The smallest absolute Gasteiger partial charge is 0.328 e. The number of carboxylic acid groups (broad SMARTS) is 1. The molecular weight excluding hydrogens is 416 g/mol. The third kappa shape index (κ3) is 11.2. The largest absolute Gasteiger partial charge is 0.480 e. The van der Waals surface area contributed by atoms with Crippen molar-refractivity contribution in [2.75, 3.05) is 19.8 Å². The Morgan fingerprint density at radius 2 is 1.29 bits per heavy atom. The molecule has 0 radical (unpaired) electrons. The second-order valence-electron chi connectivity index (χ2n) is 6.78. The number of carbonyl (C=O) groups is 5. The standard InChI is InChI=1S/C17H32N6O8/c18-6-2-1-3-10(15(28)23-12(8-25)17(30)31)22-16(29)11(4-5-13(20)26)21-14(27)9(19)7-24/h9-12,24-25H,1-8,18-19H2,(H2,20,26)(H,21,27)(H,22,29)(H,23,28)(H,30,31). The Labute approximate surface area is 178 Å². The molecule has 0 bridgehead atoms. The molecule has 31 heavy (non-hydrogen) atoms. The van der Waals surface area contributed by atoms with Gasteiger partial charge in [0.2, 0.25) is 23.6 Å². The first kappa shape index (κ1) is 28.2. The molecule has 14 heteroatoms. The van der Waals surface area contributed by atoms with Crippen LogP contribution in [-0.4, -0.2) is 88.8 Å². The van der Waals surface area contributed by atoms with E-state index in [-0.39, 0.29) is 19.3 Å². The molecule has 0 aromatic heterocycles. The van der Waals surface area contributed by atoms with Crippen molar-refractivity contribution in [1.29, 1.82) is 0 Å². The normalized spacial score (nSPS) is 14.6. The van der Waals surface area contributed by atoms with Crippen LogP contribution in [0.15, 0.2) is 0 Å². The van der Waals surface area contributed by atoms with Gasteiger partial charge in [-0.3, -0.25) is 19.2 Å². The Morgan fingerprint density at radius 1 is 0.774 bits per heavy atom. The van der Waals surface area contributed by atoms with Crippen LogP contribution in [0.1, 0.15) is 32.1 Å². The lowest BCUT2D eigenvalue weighted by Gasteiger charge is -2.24. The molecule has 0 aliphatic carbocycles. The van der Waals surface area contributed by atoms with Crippen molar-refractivity contribution < 1.29 is 39.3 Å². The van der Waals surface area contributed by atoms with E-state index in [2.05, 4.69) is 16.0 Å². The van der Waals surface area contributed by atoms with Crippen molar-refractivity contribution in [2.45, 2.75) is 56.3 Å². The van der Waals surface area contributed by atoms with Crippen LogP contribution < -0.4 is 33.2 Å². The van der Waals surface area contributed by atoms with Crippen LogP contribution in [0, 0.1) is 0 Å². The van der Waals surface area contributed by atoms with Gasteiger partial charge in [-0.2, -0.15) is 0 Å². The molecule has 12 N–H and O–H groups in total. The molecule has 0 aromatic rings. The number of amides is 4. The van der Waals surface area contributed by atoms with E-state index < -0.39 is 67.0 Å². The summed E-state index contributed by atoms with van der Waals surface area (Å²) in [7, 11) is 0. The number of hydrogen-bond donors (Lipinski definition) is 9. The van der Waals surface area contributed by atoms with E-state index in [1.807, 2.05) is 0 Å². The fourth-order valence-electron chi connectivity index (χ4n) is 2.41. The van der Waals surface area contributed by atoms with E-state index in [9.17, 15) is 24.0 Å². The molecule has 0 aromatic carbocycles. The molecule has 4 atom stereocenters. The molecule has 4 unspecified atom stereocenters. The molecule has 14 nitrogen and oxygen atoms in total. The summed E-state index contributed by atoms with van der Waals surface area (Å²) in [4.78, 5) is 59.2. The summed E-state index contributed by atoms with van der Waals surface area (Å²) >= 11 is 0. The van der Waals surface area contributed by atoms with E-state index in [0.29, 0.717) is 19.4 Å². The zero-order valence-corrected chi connectivity index (χ0v) is 17.1. The fraction of sp³-hybridized carbons (Fsp3) is 0.706. The first-order chi connectivity index (χ1) is 14.6.